The van der Waals surface area contributed by atoms with Crippen LogP contribution in [0, 0.1) is 17.7 Å². The molecule has 1 atom stereocenters. The summed E-state index contributed by atoms with van der Waals surface area (Å²) >= 11 is 0. The van der Waals surface area contributed by atoms with Crippen molar-refractivity contribution in [3.63, 3.8) is 0 Å². The number of nitrogens with one attached hydrogen (secondary N) is 1. The van der Waals surface area contributed by atoms with Gasteiger partial charge in [0, 0.05) is 12.5 Å². The van der Waals surface area contributed by atoms with Crippen molar-refractivity contribution in [2.24, 2.45) is 11.8 Å². The second-order valence-electron chi connectivity index (χ2n) is 4.62. The molecule has 1 N–H and O–H groups in total. The number of benzene rings is 1. The van der Waals surface area contributed by atoms with Gasteiger partial charge in [0.05, 0.1) is 12.7 Å². The van der Waals surface area contributed by atoms with E-state index in [0.717, 1.165) is 0 Å². The van der Waals surface area contributed by atoms with Gasteiger partial charge < -0.3 is 10.1 Å². The van der Waals surface area contributed by atoms with Gasteiger partial charge in [0.15, 0.2) is 5.78 Å². The third kappa shape index (κ3) is 3.29. The van der Waals surface area contributed by atoms with Crippen molar-refractivity contribution in [1.82, 2.24) is 5.32 Å². The molecule has 0 amide bonds. The lowest BCUT2D eigenvalue weighted by atomic mass is 9.87. The zero-order valence-corrected chi connectivity index (χ0v) is 11.3. The molecule has 18 heavy (non-hydrogen) atoms. The van der Waals surface area contributed by atoms with E-state index in [-0.39, 0.29) is 17.6 Å². The fourth-order valence-electron chi connectivity index (χ4n) is 1.92. The van der Waals surface area contributed by atoms with Gasteiger partial charge in [0.1, 0.15) is 11.6 Å². The highest BCUT2D eigenvalue weighted by Crippen LogP contribution is 2.25. The highest BCUT2D eigenvalue weighted by atomic mass is 19.1. The fraction of sp³-hybridized carbons (Fsp3) is 0.500. The van der Waals surface area contributed by atoms with Crippen LogP contribution in [-0.2, 0) is 0 Å². The van der Waals surface area contributed by atoms with Gasteiger partial charge in [-0.05, 0) is 31.2 Å². The van der Waals surface area contributed by atoms with Crippen LogP contribution in [0.3, 0.4) is 0 Å². The van der Waals surface area contributed by atoms with Crippen LogP contribution in [0.25, 0.3) is 0 Å². The molecule has 0 bridgehead atoms. The summed E-state index contributed by atoms with van der Waals surface area (Å²) in [6.45, 7) is 4.52. The molecule has 0 fully saturated rings. The summed E-state index contributed by atoms with van der Waals surface area (Å²) in [5.74, 6) is -0.103. The number of hydrogen-bond donors (Lipinski definition) is 1. The van der Waals surface area contributed by atoms with Crippen LogP contribution < -0.4 is 10.1 Å². The number of halogens is 1. The second kappa shape index (κ2) is 6.50. The highest BCUT2D eigenvalue weighted by Gasteiger charge is 2.25. The van der Waals surface area contributed by atoms with Crippen molar-refractivity contribution < 1.29 is 13.9 Å². The first kappa shape index (κ1) is 14.6. The predicted molar refractivity (Wildman–Crippen MR) is 69.5 cm³/mol. The van der Waals surface area contributed by atoms with E-state index in [1.807, 2.05) is 13.8 Å². The molecule has 0 saturated heterocycles. The van der Waals surface area contributed by atoms with Gasteiger partial charge in [-0.3, -0.25) is 4.79 Å². The predicted octanol–water partition coefficient (Wildman–Crippen LogP) is 2.51. The number of Topliss-reactive ketones (excluding diaryl/α,β-unsaturated/α-hetero) is 1. The average Bonchev–Trinajstić information content (AvgIpc) is 2.34. The van der Waals surface area contributed by atoms with Gasteiger partial charge in [-0.15, -0.1) is 0 Å². The molecule has 100 valence electrons. The van der Waals surface area contributed by atoms with E-state index in [4.69, 9.17) is 4.74 Å². The Morgan fingerprint density at radius 1 is 1.44 bits per heavy atom. The van der Waals surface area contributed by atoms with Crippen molar-refractivity contribution >= 4 is 5.78 Å². The van der Waals surface area contributed by atoms with E-state index >= 15 is 0 Å². The maximum absolute atomic E-state index is 13.3. The minimum Gasteiger partial charge on any atom is -0.496 e. The van der Waals surface area contributed by atoms with E-state index in [9.17, 15) is 9.18 Å². The third-order valence-electron chi connectivity index (χ3n) is 2.99. The Labute approximate surface area is 107 Å². The molecular formula is C14H20FNO2. The molecule has 0 heterocycles. The average molecular weight is 253 g/mol. The molecule has 1 unspecified atom stereocenters. The first-order valence-electron chi connectivity index (χ1n) is 6.03. The van der Waals surface area contributed by atoms with Crippen LogP contribution in [0.5, 0.6) is 5.75 Å². The smallest absolute Gasteiger partial charge is 0.171 e. The van der Waals surface area contributed by atoms with E-state index in [2.05, 4.69) is 5.32 Å². The van der Waals surface area contributed by atoms with Crippen molar-refractivity contribution in [1.29, 1.82) is 0 Å². The first-order valence-corrected chi connectivity index (χ1v) is 6.03. The summed E-state index contributed by atoms with van der Waals surface area (Å²) in [5, 5.41) is 3.00. The summed E-state index contributed by atoms with van der Waals surface area (Å²) in [4.78, 5) is 12.4. The standard InChI is InChI=1S/C14H20FNO2/c1-9(2)12(8-16-3)14(17)11-7-10(15)5-6-13(11)18-4/h5-7,9,12,16H,8H2,1-4H3. The van der Waals surface area contributed by atoms with E-state index in [1.54, 1.807) is 7.05 Å². The van der Waals surface area contributed by atoms with Crippen molar-refractivity contribution in [2.75, 3.05) is 20.7 Å². The summed E-state index contributed by atoms with van der Waals surface area (Å²) in [7, 11) is 3.28. The Hall–Kier alpha value is -1.42. The van der Waals surface area contributed by atoms with Gasteiger partial charge in [0.25, 0.3) is 0 Å². The lowest BCUT2D eigenvalue weighted by molar-refractivity contribution is 0.0882. The summed E-state index contributed by atoms with van der Waals surface area (Å²) in [6, 6.07) is 4.02. The maximum atomic E-state index is 13.3. The molecule has 0 aliphatic heterocycles. The minimum absolute atomic E-state index is 0.0873. The molecule has 1 aromatic carbocycles. The largest absolute Gasteiger partial charge is 0.496 e. The summed E-state index contributed by atoms with van der Waals surface area (Å²) in [5.41, 5.74) is 0.312. The van der Waals surface area contributed by atoms with E-state index < -0.39 is 5.82 Å². The molecule has 3 nitrogen and oxygen atoms in total. The molecule has 1 aromatic rings. The first-order chi connectivity index (χ1) is 8.51. The number of rotatable bonds is 6. The molecule has 0 aromatic heterocycles. The van der Waals surface area contributed by atoms with Crippen LogP contribution in [-0.4, -0.2) is 26.5 Å². The zero-order valence-electron chi connectivity index (χ0n) is 11.3. The van der Waals surface area contributed by atoms with Crippen molar-refractivity contribution in [3.8, 4) is 5.75 Å². The number of ether oxygens (including phenoxy) is 1. The number of methoxy groups -OCH3 is 1. The van der Waals surface area contributed by atoms with Crippen LogP contribution in [0.1, 0.15) is 24.2 Å². The molecule has 1 rings (SSSR count). The van der Waals surface area contributed by atoms with E-state index in [0.29, 0.717) is 17.9 Å². The zero-order chi connectivity index (χ0) is 13.7. The molecule has 0 radical (unpaired) electrons. The SMILES string of the molecule is CNCC(C(=O)c1cc(F)ccc1OC)C(C)C. The van der Waals surface area contributed by atoms with Gasteiger partial charge in [-0.1, -0.05) is 13.8 Å². The number of carbonyl (C=O) groups excluding carboxylic acids is 1. The van der Waals surface area contributed by atoms with E-state index in [1.165, 1.54) is 25.3 Å². The van der Waals surface area contributed by atoms with Crippen molar-refractivity contribution in [2.45, 2.75) is 13.8 Å². The normalized spacial score (nSPS) is 12.6. The van der Waals surface area contributed by atoms with Crippen LogP contribution in [0.4, 0.5) is 4.39 Å². The van der Waals surface area contributed by atoms with Crippen LogP contribution in [0.15, 0.2) is 18.2 Å². The quantitative estimate of drug-likeness (QED) is 0.792. The fourth-order valence-corrected chi connectivity index (χ4v) is 1.92. The minimum atomic E-state index is -0.425. The van der Waals surface area contributed by atoms with Crippen LogP contribution >= 0.6 is 0 Å². The molecule has 0 saturated carbocycles. The highest BCUT2D eigenvalue weighted by molar-refractivity contribution is 6.00. The Morgan fingerprint density at radius 2 is 2.11 bits per heavy atom. The van der Waals surface area contributed by atoms with Gasteiger partial charge >= 0.3 is 0 Å². The maximum Gasteiger partial charge on any atom is 0.171 e. The molecule has 4 heteroatoms. The third-order valence-corrected chi connectivity index (χ3v) is 2.99. The lowest BCUT2D eigenvalue weighted by Crippen LogP contribution is -2.30. The lowest BCUT2D eigenvalue weighted by Gasteiger charge is -2.20. The van der Waals surface area contributed by atoms with Crippen LogP contribution in [0.2, 0.25) is 0 Å². The summed E-state index contributed by atoms with van der Waals surface area (Å²) < 4.78 is 18.4. The molecule has 0 aliphatic rings. The number of ketones is 1. The molecule has 0 aliphatic carbocycles. The topological polar surface area (TPSA) is 38.3 Å². The summed E-state index contributed by atoms with van der Waals surface area (Å²) in [6.07, 6.45) is 0. The Bertz CT molecular complexity index is 418. The van der Waals surface area contributed by atoms with Gasteiger partial charge in [0.2, 0.25) is 0 Å². The Balaban J connectivity index is 3.11. The second-order valence-corrected chi connectivity index (χ2v) is 4.62. The van der Waals surface area contributed by atoms with Gasteiger partial charge in [-0.25, -0.2) is 4.39 Å². The number of carbonyl (C=O) groups is 1. The van der Waals surface area contributed by atoms with Crippen molar-refractivity contribution in [3.05, 3.63) is 29.6 Å². The Kier molecular flexibility index (Phi) is 5.28. The number of hydrogen-bond acceptors (Lipinski definition) is 3. The molecule has 0 spiro atoms. The monoisotopic (exact) mass is 253 g/mol. The van der Waals surface area contributed by atoms with Gasteiger partial charge in [-0.2, -0.15) is 0 Å². The Morgan fingerprint density at radius 3 is 2.61 bits per heavy atom. The molecular weight excluding hydrogens is 233 g/mol.